The predicted molar refractivity (Wildman–Crippen MR) is 122 cm³/mol. The minimum absolute atomic E-state index is 0. The van der Waals surface area contributed by atoms with Gasteiger partial charge in [0.2, 0.25) is 0 Å². The summed E-state index contributed by atoms with van der Waals surface area (Å²) in [5, 5.41) is 28.6. The minimum Gasteiger partial charge on any atom is -0.480 e. The Hall–Kier alpha value is -1.29. The number of carbonyl (C=O) groups is 1. The van der Waals surface area contributed by atoms with E-state index < -0.39 is 18.6 Å². The molecule has 0 spiro atoms. The van der Waals surface area contributed by atoms with E-state index in [4.69, 9.17) is 20.2 Å². The Balaban J connectivity index is 0.00000225. The monoisotopic (exact) mass is 460 g/mol. The van der Waals surface area contributed by atoms with E-state index in [-0.39, 0.29) is 37.2 Å². The van der Waals surface area contributed by atoms with Crippen molar-refractivity contribution < 1.29 is 24.4 Å². The second-order valence-corrected chi connectivity index (χ2v) is 7.82. The van der Waals surface area contributed by atoms with Gasteiger partial charge in [0.15, 0.2) is 0 Å². The third kappa shape index (κ3) is 6.61. The lowest BCUT2D eigenvalue weighted by atomic mass is 9.81. The summed E-state index contributed by atoms with van der Waals surface area (Å²) in [5.74, 6) is -0.0786. The molecular weight excluding hydrogens is 430 g/mol. The van der Waals surface area contributed by atoms with Crippen LogP contribution in [0.5, 0.6) is 0 Å². The molecule has 7 nitrogen and oxygen atoms in total. The number of aliphatic carboxylic acids is 1. The number of nitrogens with zero attached hydrogens (tertiary/aromatic N) is 1. The van der Waals surface area contributed by atoms with Crippen LogP contribution < -0.4 is 5.73 Å². The van der Waals surface area contributed by atoms with Crippen LogP contribution in [0.3, 0.4) is 0 Å². The Morgan fingerprint density at radius 3 is 2.63 bits per heavy atom. The first-order chi connectivity index (χ1) is 13.4. The average Bonchev–Trinajstić information content (AvgIpc) is 3.29. The molecule has 2 heterocycles. The standard InChI is InChI=1S/C20H29BN2O5.2ClH/c22-20(19(24)25,9-3-4-11-21(26)27)10-13-23-12-5-7-16(23)18-14-15-6-1-2-8-17(15)28-18;;/h1-2,6,8,14,16,26-27H,3-5,7,9-13,22H2,(H,24,25);2*1H. The Morgan fingerprint density at radius 2 is 1.97 bits per heavy atom. The summed E-state index contributed by atoms with van der Waals surface area (Å²) < 4.78 is 6.03. The molecule has 1 aliphatic heterocycles. The van der Waals surface area contributed by atoms with Gasteiger partial charge in [-0.15, -0.1) is 24.8 Å². The molecule has 5 N–H and O–H groups in total. The van der Waals surface area contributed by atoms with Crippen LogP contribution in [0.25, 0.3) is 11.0 Å². The number of para-hydroxylation sites is 1. The van der Waals surface area contributed by atoms with E-state index in [0.29, 0.717) is 32.2 Å². The summed E-state index contributed by atoms with van der Waals surface area (Å²) in [7, 11) is -1.36. The lowest BCUT2D eigenvalue weighted by molar-refractivity contribution is -0.144. The van der Waals surface area contributed by atoms with Crippen LogP contribution in [0.1, 0.15) is 50.3 Å². The third-order valence-corrected chi connectivity index (χ3v) is 5.74. The molecule has 0 radical (unpaired) electrons. The number of hydrogen-bond donors (Lipinski definition) is 4. The van der Waals surface area contributed by atoms with Gasteiger partial charge in [0.1, 0.15) is 16.9 Å². The maximum atomic E-state index is 11.8. The molecule has 1 saturated heterocycles. The van der Waals surface area contributed by atoms with Gasteiger partial charge in [-0.25, -0.2) is 0 Å². The van der Waals surface area contributed by atoms with E-state index >= 15 is 0 Å². The summed E-state index contributed by atoms with van der Waals surface area (Å²) >= 11 is 0. The van der Waals surface area contributed by atoms with E-state index in [1.165, 1.54) is 0 Å². The summed E-state index contributed by atoms with van der Waals surface area (Å²) in [5.41, 5.74) is 5.77. The van der Waals surface area contributed by atoms with Crippen LogP contribution >= 0.6 is 24.8 Å². The second kappa shape index (κ2) is 11.9. The van der Waals surface area contributed by atoms with Gasteiger partial charge in [-0.1, -0.05) is 31.0 Å². The topological polar surface area (TPSA) is 120 Å². The zero-order chi connectivity index (χ0) is 20.1. The van der Waals surface area contributed by atoms with Crippen molar-refractivity contribution in [3.05, 3.63) is 36.1 Å². The van der Waals surface area contributed by atoms with E-state index in [1.807, 2.05) is 24.3 Å². The highest BCUT2D eigenvalue weighted by Gasteiger charge is 2.36. The number of carboxylic acids is 1. The van der Waals surface area contributed by atoms with Gasteiger partial charge < -0.3 is 25.3 Å². The van der Waals surface area contributed by atoms with Crippen molar-refractivity contribution in [1.29, 1.82) is 0 Å². The molecule has 1 aromatic carbocycles. The van der Waals surface area contributed by atoms with Crippen LogP contribution in [-0.4, -0.2) is 51.8 Å². The number of unbranched alkanes of at least 4 members (excludes halogenated alkanes) is 1. The zero-order valence-electron chi connectivity index (χ0n) is 16.9. The van der Waals surface area contributed by atoms with Crippen molar-refractivity contribution in [2.24, 2.45) is 5.73 Å². The predicted octanol–water partition coefficient (Wildman–Crippen LogP) is 3.23. The largest absolute Gasteiger partial charge is 0.480 e. The number of nitrogens with two attached hydrogens (primary N) is 1. The molecule has 0 aliphatic carbocycles. The second-order valence-electron chi connectivity index (χ2n) is 7.82. The van der Waals surface area contributed by atoms with Crippen molar-refractivity contribution in [2.45, 2.75) is 56.4 Å². The van der Waals surface area contributed by atoms with Crippen molar-refractivity contribution in [2.75, 3.05) is 13.1 Å². The van der Waals surface area contributed by atoms with Gasteiger partial charge in [0.25, 0.3) is 0 Å². The summed E-state index contributed by atoms with van der Waals surface area (Å²) in [4.78, 5) is 14.0. The molecule has 0 saturated carbocycles. The van der Waals surface area contributed by atoms with Crippen molar-refractivity contribution in [3.8, 4) is 0 Å². The van der Waals surface area contributed by atoms with Gasteiger partial charge in [0, 0.05) is 11.9 Å². The SMILES string of the molecule is Cl.Cl.NC(CCCCB(O)O)(CCN1CCCC1c1cc2ccccc2o1)C(=O)O. The highest BCUT2D eigenvalue weighted by Crippen LogP contribution is 2.35. The molecule has 2 atom stereocenters. The van der Waals surface area contributed by atoms with Crippen LogP contribution in [0.4, 0.5) is 0 Å². The van der Waals surface area contributed by atoms with Crippen molar-refractivity contribution >= 4 is 48.9 Å². The smallest absolute Gasteiger partial charge is 0.451 e. The molecule has 1 aromatic heterocycles. The Kier molecular flexibility index (Phi) is 10.6. The van der Waals surface area contributed by atoms with Gasteiger partial charge in [-0.2, -0.15) is 0 Å². The normalized spacial score (nSPS) is 18.4. The molecule has 1 aliphatic rings. The number of hydrogen-bond acceptors (Lipinski definition) is 6. The maximum absolute atomic E-state index is 11.8. The van der Waals surface area contributed by atoms with Gasteiger partial charge in [0.05, 0.1) is 6.04 Å². The van der Waals surface area contributed by atoms with Crippen molar-refractivity contribution in [3.63, 3.8) is 0 Å². The van der Waals surface area contributed by atoms with Crippen molar-refractivity contribution in [1.82, 2.24) is 4.90 Å². The van der Waals surface area contributed by atoms with Crippen LogP contribution in [0.15, 0.2) is 34.7 Å². The summed E-state index contributed by atoms with van der Waals surface area (Å²) in [6.45, 7) is 1.49. The highest BCUT2D eigenvalue weighted by molar-refractivity contribution is 6.40. The number of halogens is 2. The van der Waals surface area contributed by atoms with Gasteiger partial charge in [-0.05, 0) is 50.7 Å². The van der Waals surface area contributed by atoms with Gasteiger partial charge in [-0.3, -0.25) is 9.69 Å². The number of rotatable bonds is 10. The Morgan fingerprint density at radius 1 is 1.23 bits per heavy atom. The summed E-state index contributed by atoms with van der Waals surface area (Å²) in [6, 6.07) is 10.1. The molecule has 3 rings (SSSR count). The fraction of sp³-hybridized carbons (Fsp3) is 0.550. The molecule has 0 bridgehead atoms. The molecule has 0 amide bonds. The van der Waals surface area contributed by atoms with E-state index in [9.17, 15) is 9.90 Å². The number of furan rings is 1. The first kappa shape index (κ1) is 26.7. The number of benzene rings is 1. The molecule has 2 aromatic rings. The lowest BCUT2D eigenvalue weighted by Gasteiger charge is -2.29. The number of fused-ring (bicyclic) bond motifs is 1. The first-order valence-corrected chi connectivity index (χ1v) is 10.00. The molecule has 10 heteroatoms. The Labute approximate surface area is 189 Å². The van der Waals surface area contributed by atoms with Crippen LogP contribution in [-0.2, 0) is 4.79 Å². The van der Waals surface area contributed by atoms with E-state index in [0.717, 1.165) is 36.1 Å². The molecule has 168 valence electrons. The zero-order valence-corrected chi connectivity index (χ0v) is 18.5. The van der Waals surface area contributed by atoms with Gasteiger partial charge >= 0.3 is 13.1 Å². The maximum Gasteiger partial charge on any atom is 0.451 e. The average molecular weight is 461 g/mol. The molecule has 2 unspecified atom stereocenters. The first-order valence-electron chi connectivity index (χ1n) is 10.00. The highest BCUT2D eigenvalue weighted by atomic mass is 35.5. The fourth-order valence-corrected chi connectivity index (χ4v) is 4.03. The molecular formula is C20H31BCl2N2O5. The Bertz CT molecular complexity index is 773. The van der Waals surface area contributed by atoms with E-state index in [1.54, 1.807) is 0 Å². The molecule has 30 heavy (non-hydrogen) atoms. The van der Waals surface area contributed by atoms with Crippen LogP contribution in [0.2, 0.25) is 6.32 Å². The minimum atomic E-state index is -1.36. The summed E-state index contributed by atoms with van der Waals surface area (Å²) in [6.07, 6.45) is 4.01. The third-order valence-electron chi connectivity index (χ3n) is 5.74. The number of likely N-dealkylation sites (tertiary alicyclic amines) is 1. The molecule has 1 fully saturated rings. The number of carboxylic acid groups (broad SMARTS) is 1. The fourth-order valence-electron chi connectivity index (χ4n) is 4.03. The van der Waals surface area contributed by atoms with Crippen LogP contribution in [0, 0.1) is 0 Å². The van der Waals surface area contributed by atoms with E-state index in [2.05, 4.69) is 11.0 Å². The quantitative estimate of drug-likeness (QED) is 0.317. The lowest BCUT2D eigenvalue weighted by Crippen LogP contribution is -2.50.